The maximum atomic E-state index is 14.6. The number of ether oxygens (including phenoxy) is 4. The average molecular weight is 535 g/mol. The van der Waals surface area contributed by atoms with Crippen molar-refractivity contribution in [2.75, 3.05) is 0 Å². The molecule has 0 aromatic carbocycles. The van der Waals surface area contributed by atoms with Crippen LogP contribution in [0, 0.1) is 34.0 Å². The normalized spacial score (nSPS) is 42.8. The number of rotatable bonds is 4. The van der Waals surface area contributed by atoms with E-state index in [0.29, 0.717) is 18.4 Å². The number of aliphatic hydroxyl groups is 1. The van der Waals surface area contributed by atoms with Crippen molar-refractivity contribution < 1.29 is 48.0 Å². The average Bonchev–Trinajstić information content (AvgIpc) is 2.96. The van der Waals surface area contributed by atoms with Gasteiger partial charge < -0.3 is 24.1 Å². The third-order valence-electron chi connectivity index (χ3n) is 9.67. The van der Waals surface area contributed by atoms with Gasteiger partial charge in [0.15, 0.2) is 11.9 Å². The highest BCUT2D eigenvalue weighted by Crippen LogP contribution is 2.72. The van der Waals surface area contributed by atoms with E-state index in [9.17, 15) is 29.1 Å². The van der Waals surface area contributed by atoms with Gasteiger partial charge in [0.2, 0.25) is 0 Å². The molecule has 2 bridgehead atoms. The highest BCUT2D eigenvalue weighted by molar-refractivity contribution is 5.92. The lowest BCUT2D eigenvalue weighted by molar-refractivity contribution is -0.277. The smallest absolute Gasteiger partial charge is 0.303 e. The molecule has 0 saturated heterocycles. The van der Waals surface area contributed by atoms with Crippen LogP contribution in [0.25, 0.3) is 0 Å². The summed E-state index contributed by atoms with van der Waals surface area (Å²) in [6.07, 6.45) is -4.41. The highest BCUT2D eigenvalue weighted by atomic mass is 16.6. The van der Waals surface area contributed by atoms with Crippen LogP contribution >= 0.6 is 0 Å². The van der Waals surface area contributed by atoms with Gasteiger partial charge in [0, 0.05) is 56.8 Å². The first-order chi connectivity index (χ1) is 17.5. The second-order valence-corrected chi connectivity index (χ2v) is 12.3. The van der Waals surface area contributed by atoms with Crippen molar-refractivity contribution in [3.63, 3.8) is 0 Å². The third kappa shape index (κ3) is 3.89. The quantitative estimate of drug-likeness (QED) is 0.324. The largest absolute Gasteiger partial charge is 0.462 e. The molecule has 0 aromatic rings. The molecule has 4 saturated carbocycles. The lowest BCUT2D eigenvalue weighted by atomic mass is 9.38. The fourth-order valence-corrected chi connectivity index (χ4v) is 8.70. The minimum Gasteiger partial charge on any atom is -0.462 e. The second-order valence-electron chi connectivity index (χ2n) is 12.3. The number of hydrogen-bond acceptors (Lipinski definition) is 10. The van der Waals surface area contributed by atoms with Crippen LogP contribution in [0.4, 0.5) is 0 Å². The van der Waals surface area contributed by atoms with E-state index >= 15 is 0 Å². The fourth-order valence-electron chi connectivity index (χ4n) is 8.70. The molecule has 4 aliphatic rings. The summed E-state index contributed by atoms with van der Waals surface area (Å²) in [6, 6.07) is 0. The van der Waals surface area contributed by atoms with Crippen LogP contribution in [0.3, 0.4) is 0 Å². The van der Waals surface area contributed by atoms with E-state index in [1.165, 1.54) is 27.7 Å². The standard InChI is InChI=1S/C28H38O10/c1-12-17-9-18(35-13(2)29)22-27(8)20(36-14(3)30)10-19(33)26(6,7)23(27)21(34)25(38-16(5)32)28(22,11-17)24(12)37-15(4)31/h17-20,22-25,33H,1,9-11H2,2-8H3/t17-,18-,19-,20-,22-,23+,24+,25-,27-,28?/m0/s1. The molecule has 0 aromatic heterocycles. The molecule has 4 aliphatic carbocycles. The molecule has 1 unspecified atom stereocenters. The van der Waals surface area contributed by atoms with Crippen molar-refractivity contribution >= 4 is 29.7 Å². The first-order valence-corrected chi connectivity index (χ1v) is 13.1. The molecule has 0 amide bonds. The molecule has 0 radical (unpaired) electrons. The number of carbonyl (C=O) groups excluding carboxylic acids is 5. The van der Waals surface area contributed by atoms with Crippen molar-refractivity contribution in [3.8, 4) is 0 Å². The molecule has 0 aliphatic heterocycles. The Kier molecular flexibility index (Phi) is 6.82. The van der Waals surface area contributed by atoms with Gasteiger partial charge in [0.05, 0.1) is 11.5 Å². The van der Waals surface area contributed by atoms with E-state index in [0.717, 1.165) is 0 Å². The molecule has 4 rings (SSSR count). The van der Waals surface area contributed by atoms with Crippen LogP contribution in [-0.4, -0.2) is 65.3 Å². The number of ketones is 1. The SMILES string of the molecule is C=C1[C@H]2C[C@H](OC(C)=O)[C@@H]3C(C2)([C@@H]1OC(C)=O)[C@@H](OC(C)=O)C(=O)[C@@H]1C(C)(C)[C@@H](O)C[C@H](OC(C)=O)[C@]13C. The number of hydrogen-bond donors (Lipinski definition) is 1. The first-order valence-electron chi connectivity index (χ1n) is 13.1. The second kappa shape index (κ2) is 9.17. The van der Waals surface area contributed by atoms with Crippen molar-refractivity contribution in [2.45, 2.75) is 98.2 Å². The Labute approximate surface area is 222 Å². The van der Waals surface area contributed by atoms with E-state index in [4.69, 9.17) is 18.9 Å². The summed E-state index contributed by atoms with van der Waals surface area (Å²) in [5, 5.41) is 11.2. The highest BCUT2D eigenvalue weighted by Gasteiger charge is 2.80. The molecule has 1 spiro atoms. The van der Waals surface area contributed by atoms with Crippen molar-refractivity contribution in [1.29, 1.82) is 0 Å². The lowest BCUT2D eigenvalue weighted by Crippen LogP contribution is -2.76. The maximum absolute atomic E-state index is 14.6. The zero-order valence-electron chi connectivity index (χ0n) is 23.1. The lowest BCUT2D eigenvalue weighted by Gasteiger charge is -2.67. The molecule has 38 heavy (non-hydrogen) atoms. The number of Topliss-reactive ketones (excluding diaryl/α,β-unsaturated/α-hetero) is 1. The zero-order valence-corrected chi connectivity index (χ0v) is 23.1. The Balaban J connectivity index is 2.07. The van der Waals surface area contributed by atoms with Gasteiger partial charge >= 0.3 is 23.9 Å². The number of carbonyl (C=O) groups is 5. The van der Waals surface area contributed by atoms with E-state index in [1.807, 2.05) is 6.92 Å². The number of aliphatic hydroxyl groups excluding tert-OH is 1. The molecular formula is C28H38O10. The maximum Gasteiger partial charge on any atom is 0.303 e. The summed E-state index contributed by atoms with van der Waals surface area (Å²) in [5.41, 5.74) is -2.97. The fraction of sp³-hybridized carbons (Fsp3) is 0.750. The Morgan fingerprint density at radius 1 is 0.842 bits per heavy atom. The van der Waals surface area contributed by atoms with Crippen LogP contribution in [0.5, 0.6) is 0 Å². The van der Waals surface area contributed by atoms with Crippen molar-refractivity contribution in [3.05, 3.63) is 12.2 Å². The zero-order chi connectivity index (χ0) is 28.5. The van der Waals surface area contributed by atoms with E-state index < -0.39 is 88.3 Å². The van der Waals surface area contributed by atoms with E-state index in [1.54, 1.807) is 13.8 Å². The van der Waals surface area contributed by atoms with Gasteiger partial charge in [-0.15, -0.1) is 0 Å². The Morgan fingerprint density at radius 3 is 1.89 bits per heavy atom. The Morgan fingerprint density at radius 2 is 1.37 bits per heavy atom. The van der Waals surface area contributed by atoms with Gasteiger partial charge in [-0.05, 0) is 24.3 Å². The van der Waals surface area contributed by atoms with Crippen LogP contribution in [0.2, 0.25) is 0 Å². The number of esters is 4. The first kappa shape index (κ1) is 28.3. The van der Waals surface area contributed by atoms with Gasteiger partial charge in [-0.2, -0.15) is 0 Å². The van der Waals surface area contributed by atoms with Gasteiger partial charge in [0.1, 0.15) is 18.3 Å². The summed E-state index contributed by atoms with van der Waals surface area (Å²) >= 11 is 0. The summed E-state index contributed by atoms with van der Waals surface area (Å²) in [4.78, 5) is 64.1. The van der Waals surface area contributed by atoms with Gasteiger partial charge in [-0.3, -0.25) is 24.0 Å². The molecule has 10 atom stereocenters. The van der Waals surface area contributed by atoms with E-state index in [2.05, 4.69) is 6.58 Å². The van der Waals surface area contributed by atoms with Gasteiger partial charge in [-0.25, -0.2) is 0 Å². The molecule has 10 nitrogen and oxygen atoms in total. The van der Waals surface area contributed by atoms with Crippen molar-refractivity contribution in [1.82, 2.24) is 0 Å². The summed E-state index contributed by atoms with van der Waals surface area (Å²) < 4.78 is 23.4. The van der Waals surface area contributed by atoms with Crippen LogP contribution in [0.15, 0.2) is 12.2 Å². The Hall–Kier alpha value is -2.75. The molecule has 1 N–H and O–H groups in total. The van der Waals surface area contributed by atoms with Crippen LogP contribution in [0.1, 0.15) is 67.7 Å². The summed E-state index contributed by atoms with van der Waals surface area (Å²) in [7, 11) is 0. The van der Waals surface area contributed by atoms with E-state index in [-0.39, 0.29) is 12.3 Å². The Bertz CT molecular complexity index is 1090. The topological polar surface area (TPSA) is 142 Å². The van der Waals surface area contributed by atoms with Gasteiger partial charge in [-0.1, -0.05) is 27.4 Å². The van der Waals surface area contributed by atoms with Crippen molar-refractivity contribution in [2.24, 2.45) is 34.0 Å². The van der Waals surface area contributed by atoms with Crippen LogP contribution < -0.4 is 0 Å². The molecule has 10 heteroatoms. The monoisotopic (exact) mass is 534 g/mol. The summed E-state index contributed by atoms with van der Waals surface area (Å²) in [6.45, 7) is 14.5. The van der Waals surface area contributed by atoms with Gasteiger partial charge in [0.25, 0.3) is 0 Å². The minimum absolute atomic E-state index is 0.0487. The predicted octanol–water partition coefficient (Wildman–Crippen LogP) is 2.29. The summed E-state index contributed by atoms with van der Waals surface area (Å²) in [5.74, 6) is -4.85. The third-order valence-corrected chi connectivity index (χ3v) is 9.67. The van der Waals surface area contributed by atoms with Crippen LogP contribution in [-0.2, 0) is 42.9 Å². The molecular weight excluding hydrogens is 496 g/mol. The predicted molar refractivity (Wildman–Crippen MR) is 131 cm³/mol. The number of fused-ring (bicyclic) bond motifs is 3. The molecule has 210 valence electrons. The minimum atomic E-state index is -1.37. The molecule has 0 heterocycles. The molecule has 4 fully saturated rings.